The lowest BCUT2D eigenvalue weighted by molar-refractivity contribution is 0.0945. The van der Waals surface area contributed by atoms with Crippen LogP contribution in [0.15, 0.2) is 17.2 Å². The Morgan fingerprint density at radius 1 is 1.65 bits per heavy atom. The molecule has 0 atom stereocenters. The van der Waals surface area contributed by atoms with E-state index in [-0.39, 0.29) is 17.1 Å². The van der Waals surface area contributed by atoms with Crippen LogP contribution in [0.2, 0.25) is 0 Å². The fraction of sp³-hybridized carbons (Fsp3) is 0.222. The van der Waals surface area contributed by atoms with E-state index in [1.807, 2.05) is 5.43 Å². The van der Waals surface area contributed by atoms with Crippen molar-refractivity contribution in [2.24, 2.45) is 12.9 Å². The second-order valence-corrected chi connectivity index (χ2v) is 4.94. The summed E-state index contributed by atoms with van der Waals surface area (Å²) in [5.41, 5.74) is 2.06. The highest BCUT2D eigenvalue weighted by Crippen LogP contribution is 2.12. The highest BCUT2D eigenvalue weighted by Gasteiger charge is 2.19. The van der Waals surface area contributed by atoms with Crippen LogP contribution in [-0.4, -0.2) is 25.4 Å². The van der Waals surface area contributed by atoms with Crippen LogP contribution in [0.25, 0.3) is 0 Å². The van der Waals surface area contributed by atoms with Crippen molar-refractivity contribution in [3.63, 3.8) is 0 Å². The van der Waals surface area contributed by atoms with Crippen LogP contribution in [0, 0.1) is 12.3 Å². The largest absolute Gasteiger partial charge is 0.345 e. The third-order valence-electron chi connectivity index (χ3n) is 2.02. The molecule has 0 aliphatic carbocycles. The lowest BCUT2D eigenvalue weighted by atomic mass is 10.4. The quantitative estimate of drug-likeness (QED) is 0.265. The fourth-order valence-electron chi connectivity index (χ4n) is 1.20. The molecule has 0 spiro atoms. The topological polar surface area (TPSA) is 106 Å². The maximum absolute atomic E-state index is 11.7. The van der Waals surface area contributed by atoms with Crippen LogP contribution in [-0.2, 0) is 17.1 Å². The van der Waals surface area contributed by atoms with Crippen molar-refractivity contribution in [3.8, 4) is 12.3 Å². The maximum atomic E-state index is 11.7. The summed E-state index contributed by atoms with van der Waals surface area (Å²) in [7, 11) is -2.17. The first kappa shape index (κ1) is 13.2. The molecule has 1 amide bonds. The number of aromatic nitrogens is 1. The lowest BCUT2D eigenvalue weighted by Crippen LogP contribution is -2.31. The zero-order chi connectivity index (χ0) is 13.1. The number of nitrogens with two attached hydrogens (primary N) is 1. The molecular formula is C9H12N4O3S. The standard InChI is InChI=1S/C9H12N4O3S/c1-3-4-11-17(15,16)7-5-8(9(14)12-10)13(2)6-7/h1,5-6,11H,4,10H2,2H3,(H,12,14). The molecule has 7 nitrogen and oxygen atoms in total. The van der Waals surface area contributed by atoms with Crippen LogP contribution < -0.4 is 16.0 Å². The molecule has 1 heterocycles. The molecule has 0 unspecified atom stereocenters. The maximum Gasteiger partial charge on any atom is 0.281 e. The van der Waals surface area contributed by atoms with E-state index >= 15 is 0 Å². The minimum Gasteiger partial charge on any atom is -0.345 e. The normalized spacial score (nSPS) is 10.9. The number of amides is 1. The molecular weight excluding hydrogens is 244 g/mol. The summed E-state index contributed by atoms with van der Waals surface area (Å²) in [6.45, 7) is -0.115. The van der Waals surface area contributed by atoms with Gasteiger partial charge in [-0.1, -0.05) is 5.92 Å². The summed E-state index contributed by atoms with van der Waals surface area (Å²) in [6.07, 6.45) is 6.25. The third-order valence-corrected chi connectivity index (χ3v) is 3.39. The molecule has 0 radical (unpaired) electrons. The van der Waals surface area contributed by atoms with Gasteiger partial charge in [0.25, 0.3) is 5.91 Å². The number of carbonyl (C=O) groups excluding carboxylic acids is 1. The van der Waals surface area contributed by atoms with Gasteiger partial charge in [0.1, 0.15) is 10.6 Å². The smallest absolute Gasteiger partial charge is 0.281 e. The summed E-state index contributed by atoms with van der Waals surface area (Å²) >= 11 is 0. The predicted molar refractivity (Wildman–Crippen MR) is 61.1 cm³/mol. The molecule has 0 aliphatic rings. The first-order valence-electron chi connectivity index (χ1n) is 4.53. The first-order chi connectivity index (χ1) is 7.92. The van der Waals surface area contributed by atoms with Crippen molar-refractivity contribution < 1.29 is 13.2 Å². The molecule has 0 aromatic carbocycles. The third kappa shape index (κ3) is 2.85. The SMILES string of the molecule is C#CCNS(=O)(=O)c1cc(C(=O)NN)n(C)c1. The first-order valence-corrected chi connectivity index (χ1v) is 6.01. The van der Waals surface area contributed by atoms with Gasteiger partial charge in [-0.2, -0.15) is 4.72 Å². The number of hydrogen-bond acceptors (Lipinski definition) is 4. The van der Waals surface area contributed by atoms with Gasteiger partial charge in [0.15, 0.2) is 0 Å². The average Bonchev–Trinajstić information content (AvgIpc) is 2.68. The van der Waals surface area contributed by atoms with Crippen LogP contribution in [0.5, 0.6) is 0 Å². The Morgan fingerprint density at radius 3 is 2.82 bits per heavy atom. The number of hydrazine groups is 1. The van der Waals surface area contributed by atoms with E-state index in [0.29, 0.717) is 0 Å². The minimum absolute atomic E-state index is 0.0474. The Kier molecular flexibility index (Phi) is 3.90. The van der Waals surface area contributed by atoms with E-state index in [0.717, 1.165) is 0 Å². The number of sulfonamides is 1. The van der Waals surface area contributed by atoms with Gasteiger partial charge in [-0.05, 0) is 6.07 Å². The molecule has 4 N–H and O–H groups in total. The Morgan fingerprint density at radius 2 is 2.29 bits per heavy atom. The molecule has 1 aromatic rings. The van der Waals surface area contributed by atoms with Crippen molar-refractivity contribution in [3.05, 3.63) is 18.0 Å². The van der Waals surface area contributed by atoms with E-state index in [9.17, 15) is 13.2 Å². The molecule has 0 aliphatic heterocycles. The van der Waals surface area contributed by atoms with Gasteiger partial charge in [-0.15, -0.1) is 6.42 Å². The number of hydrogen-bond donors (Lipinski definition) is 3. The Hall–Kier alpha value is -1.82. The highest BCUT2D eigenvalue weighted by molar-refractivity contribution is 7.89. The number of nitrogen functional groups attached to an aromatic ring is 1. The van der Waals surface area contributed by atoms with Gasteiger partial charge in [-0.3, -0.25) is 10.2 Å². The molecule has 92 valence electrons. The van der Waals surface area contributed by atoms with E-state index in [1.54, 1.807) is 0 Å². The Bertz CT molecular complexity index is 568. The van der Waals surface area contributed by atoms with E-state index < -0.39 is 15.9 Å². The van der Waals surface area contributed by atoms with Crippen molar-refractivity contribution in [2.45, 2.75) is 4.90 Å². The van der Waals surface area contributed by atoms with Crippen molar-refractivity contribution in [2.75, 3.05) is 6.54 Å². The van der Waals surface area contributed by atoms with Crippen LogP contribution in [0.1, 0.15) is 10.5 Å². The van der Waals surface area contributed by atoms with Crippen molar-refractivity contribution >= 4 is 15.9 Å². The number of nitrogens with one attached hydrogen (secondary N) is 2. The van der Waals surface area contributed by atoms with Crippen LogP contribution in [0.3, 0.4) is 0 Å². The molecule has 1 aromatic heterocycles. The fourth-order valence-corrected chi connectivity index (χ4v) is 2.20. The predicted octanol–water partition coefficient (Wildman–Crippen LogP) is -1.46. The summed E-state index contributed by atoms with van der Waals surface area (Å²) in [6, 6.07) is 1.21. The van der Waals surface area contributed by atoms with E-state index in [2.05, 4.69) is 10.6 Å². The minimum atomic E-state index is -3.70. The van der Waals surface area contributed by atoms with E-state index in [4.69, 9.17) is 12.3 Å². The summed E-state index contributed by atoms with van der Waals surface area (Å²) in [5, 5.41) is 0. The number of rotatable bonds is 4. The van der Waals surface area contributed by atoms with Gasteiger partial charge >= 0.3 is 0 Å². The molecule has 17 heavy (non-hydrogen) atoms. The van der Waals surface area contributed by atoms with Gasteiger partial charge in [0, 0.05) is 13.2 Å². The van der Waals surface area contributed by atoms with Crippen molar-refractivity contribution in [1.29, 1.82) is 0 Å². The molecule has 1 rings (SSSR count). The molecule has 8 heteroatoms. The van der Waals surface area contributed by atoms with Gasteiger partial charge in [0.05, 0.1) is 6.54 Å². The monoisotopic (exact) mass is 256 g/mol. The van der Waals surface area contributed by atoms with Gasteiger partial charge < -0.3 is 4.57 Å². The lowest BCUT2D eigenvalue weighted by Gasteiger charge is -1.99. The zero-order valence-electron chi connectivity index (χ0n) is 9.10. The average molecular weight is 256 g/mol. The van der Waals surface area contributed by atoms with Crippen LogP contribution >= 0.6 is 0 Å². The summed E-state index contributed by atoms with van der Waals surface area (Å²) in [5.74, 6) is 6.54. The number of aryl methyl sites for hydroxylation is 1. The Labute approximate surface area is 99.0 Å². The molecule has 0 saturated heterocycles. The number of carbonyl (C=O) groups is 1. The molecule has 0 saturated carbocycles. The van der Waals surface area contributed by atoms with Crippen molar-refractivity contribution in [1.82, 2.24) is 14.7 Å². The summed E-state index contributed by atoms with van der Waals surface area (Å²) < 4.78 is 26.9. The molecule has 0 bridgehead atoms. The number of nitrogens with zero attached hydrogens (tertiary/aromatic N) is 1. The second-order valence-electron chi connectivity index (χ2n) is 3.17. The molecule has 0 fully saturated rings. The second kappa shape index (κ2) is 5.01. The zero-order valence-corrected chi connectivity index (χ0v) is 9.91. The van der Waals surface area contributed by atoms with Crippen LogP contribution in [0.4, 0.5) is 0 Å². The summed E-state index contributed by atoms with van der Waals surface area (Å²) in [4.78, 5) is 11.2. The number of terminal acetylenes is 1. The van der Waals surface area contributed by atoms with E-state index in [1.165, 1.54) is 23.9 Å². The van der Waals surface area contributed by atoms with Gasteiger partial charge in [-0.25, -0.2) is 14.3 Å². The highest BCUT2D eigenvalue weighted by atomic mass is 32.2. The Balaban J connectivity index is 3.10. The van der Waals surface area contributed by atoms with Gasteiger partial charge in [0.2, 0.25) is 10.0 Å².